The molecule has 0 unspecified atom stereocenters. The first kappa shape index (κ1) is 17.8. The summed E-state index contributed by atoms with van der Waals surface area (Å²) in [5.74, 6) is 0.973. The lowest BCUT2D eigenvalue weighted by molar-refractivity contribution is 1.12. The molecule has 0 atom stereocenters. The van der Waals surface area contributed by atoms with Gasteiger partial charge in [0.25, 0.3) is 0 Å². The summed E-state index contributed by atoms with van der Waals surface area (Å²) in [6.07, 6.45) is 6.10. The maximum atomic E-state index is 6.22. The minimum Gasteiger partial charge on any atom is -0.339 e. The van der Waals surface area contributed by atoms with Crippen molar-refractivity contribution in [2.24, 2.45) is 0 Å². The third-order valence-electron chi connectivity index (χ3n) is 3.39. The van der Waals surface area contributed by atoms with Crippen LogP contribution in [0.15, 0.2) is 67.0 Å². The average Bonchev–Trinajstić information content (AvgIpc) is 2.58. The van der Waals surface area contributed by atoms with E-state index in [2.05, 4.69) is 46.7 Å². The first-order chi connectivity index (χ1) is 11.5. The van der Waals surface area contributed by atoms with E-state index in [1.54, 1.807) is 12.3 Å². The fraction of sp³-hybridized carbons (Fsp3) is 0.158. The van der Waals surface area contributed by atoms with Crippen molar-refractivity contribution in [1.82, 2.24) is 9.97 Å². The van der Waals surface area contributed by atoms with Gasteiger partial charge in [-0.25, -0.2) is 4.98 Å². The molecule has 1 aromatic heterocycles. The van der Waals surface area contributed by atoms with Gasteiger partial charge in [0.15, 0.2) is 5.82 Å². The van der Waals surface area contributed by atoms with Gasteiger partial charge in [0.05, 0.1) is 6.20 Å². The number of benzene rings is 1. The number of anilines is 3. The number of allylic oxidation sites excluding steroid dienone is 3. The molecule has 0 spiro atoms. The van der Waals surface area contributed by atoms with E-state index in [1.807, 2.05) is 31.2 Å². The predicted molar refractivity (Wildman–Crippen MR) is 103 cm³/mol. The zero-order chi connectivity index (χ0) is 17.5. The third kappa shape index (κ3) is 4.70. The molecule has 124 valence electrons. The fourth-order valence-electron chi connectivity index (χ4n) is 2.11. The molecule has 0 amide bonds. The van der Waals surface area contributed by atoms with Gasteiger partial charge in [0, 0.05) is 11.4 Å². The Morgan fingerprint density at radius 2 is 2.08 bits per heavy atom. The van der Waals surface area contributed by atoms with E-state index in [0.29, 0.717) is 22.5 Å². The first-order valence-corrected chi connectivity index (χ1v) is 8.05. The summed E-state index contributed by atoms with van der Waals surface area (Å²) in [7, 11) is 0. The summed E-state index contributed by atoms with van der Waals surface area (Å²) in [6.45, 7) is 11.7. The minimum absolute atomic E-state index is 0.425. The van der Waals surface area contributed by atoms with E-state index in [1.165, 1.54) is 5.56 Å². The summed E-state index contributed by atoms with van der Waals surface area (Å²) >= 11 is 6.22. The molecular weight excluding hydrogens is 320 g/mol. The Labute approximate surface area is 148 Å². The standard InChI is InChI=1S/C19H21ClN4/c1-5-13(3)11-14(4)22-19-21-12-16(20)18(24-19)23-17-10-8-7-9-15(17)6-2/h5,7-12H,1,4,6H2,2-3H3,(H2,21,22,23,24)/b13-11-. The van der Waals surface area contributed by atoms with Gasteiger partial charge in [-0.15, -0.1) is 0 Å². The summed E-state index contributed by atoms with van der Waals surface area (Å²) in [4.78, 5) is 8.62. The number of rotatable bonds is 7. The van der Waals surface area contributed by atoms with Crippen molar-refractivity contribution in [1.29, 1.82) is 0 Å². The quantitative estimate of drug-likeness (QED) is 0.654. The highest BCUT2D eigenvalue weighted by molar-refractivity contribution is 6.32. The molecule has 24 heavy (non-hydrogen) atoms. The predicted octanol–water partition coefficient (Wildman–Crippen LogP) is 5.49. The largest absolute Gasteiger partial charge is 0.339 e. The molecule has 0 saturated heterocycles. The van der Waals surface area contributed by atoms with Crippen LogP contribution in [0.5, 0.6) is 0 Å². The molecule has 1 heterocycles. The Balaban J connectivity index is 2.22. The van der Waals surface area contributed by atoms with E-state index in [0.717, 1.165) is 17.7 Å². The van der Waals surface area contributed by atoms with Gasteiger partial charge in [0.2, 0.25) is 5.95 Å². The van der Waals surface area contributed by atoms with Crippen molar-refractivity contribution in [3.8, 4) is 0 Å². The third-order valence-corrected chi connectivity index (χ3v) is 3.67. The monoisotopic (exact) mass is 340 g/mol. The number of halogens is 1. The number of hydrogen-bond acceptors (Lipinski definition) is 4. The molecule has 0 fully saturated rings. The first-order valence-electron chi connectivity index (χ1n) is 7.67. The number of nitrogens with zero attached hydrogens (tertiary/aromatic N) is 2. The smallest absolute Gasteiger partial charge is 0.229 e. The van der Waals surface area contributed by atoms with Crippen molar-refractivity contribution in [3.05, 3.63) is 77.6 Å². The highest BCUT2D eigenvalue weighted by Crippen LogP contribution is 2.26. The van der Waals surface area contributed by atoms with E-state index in [9.17, 15) is 0 Å². The molecular formula is C19H21ClN4. The van der Waals surface area contributed by atoms with Crippen LogP contribution in [0.1, 0.15) is 19.4 Å². The van der Waals surface area contributed by atoms with Crippen LogP contribution in [0.25, 0.3) is 0 Å². The van der Waals surface area contributed by atoms with Crippen molar-refractivity contribution >= 4 is 29.1 Å². The minimum atomic E-state index is 0.425. The number of para-hydroxylation sites is 1. The number of hydrogen-bond donors (Lipinski definition) is 2. The summed E-state index contributed by atoms with van der Waals surface area (Å²) < 4.78 is 0. The van der Waals surface area contributed by atoms with Gasteiger partial charge in [-0.1, -0.05) is 56.0 Å². The Bertz CT molecular complexity index is 781. The lowest BCUT2D eigenvalue weighted by atomic mass is 10.1. The van der Waals surface area contributed by atoms with E-state index in [-0.39, 0.29) is 0 Å². The molecule has 0 bridgehead atoms. The van der Waals surface area contributed by atoms with Crippen LogP contribution in [0.3, 0.4) is 0 Å². The SMILES string of the molecule is C=C/C(C)=C\C(=C)Nc1ncc(Cl)c(Nc2ccccc2CC)n1. The van der Waals surface area contributed by atoms with Gasteiger partial charge >= 0.3 is 0 Å². The molecule has 1 aromatic carbocycles. The van der Waals surface area contributed by atoms with Crippen LogP contribution in [0, 0.1) is 0 Å². The van der Waals surface area contributed by atoms with Gasteiger partial charge in [-0.05, 0) is 36.6 Å². The molecule has 0 aliphatic carbocycles. The van der Waals surface area contributed by atoms with Gasteiger partial charge in [-0.3, -0.25) is 0 Å². The highest BCUT2D eigenvalue weighted by atomic mass is 35.5. The Morgan fingerprint density at radius 3 is 2.79 bits per heavy atom. The maximum absolute atomic E-state index is 6.22. The van der Waals surface area contributed by atoms with Crippen molar-refractivity contribution in [3.63, 3.8) is 0 Å². The van der Waals surface area contributed by atoms with Crippen LogP contribution in [-0.2, 0) is 6.42 Å². The zero-order valence-electron chi connectivity index (χ0n) is 13.9. The van der Waals surface area contributed by atoms with E-state index >= 15 is 0 Å². The maximum Gasteiger partial charge on any atom is 0.229 e. The van der Waals surface area contributed by atoms with Crippen molar-refractivity contribution in [2.75, 3.05) is 10.6 Å². The summed E-state index contributed by atoms with van der Waals surface area (Å²) in [6, 6.07) is 8.05. The van der Waals surface area contributed by atoms with Crippen LogP contribution >= 0.6 is 11.6 Å². The molecule has 0 aliphatic rings. The zero-order valence-corrected chi connectivity index (χ0v) is 14.7. The lowest BCUT2D eigenvalue weighted by Crippen LogP contribution is -2.04. The fourth-order valence-corrected chi connectivity index (χ4v) is 2.24. The van der Waals surface area contributed by atoms with Crippen molar-refractivity contribution in [2.45, 2.75) is 20.3 Å². The van der Waals surface area contributed by atoms with Crippen LogP contribution < -0.4 is 10.6 Å². The molecule has 0 aliphatic heterocycles. The van der Waals surface area contributed by atoms with E-state index in [4.69, 9.17) is 11.6 Å². The highest BCUT2D eigenvalue weighted by Gasteiger charge is 2.08. The molecule has 2 N–H and O–H groups in total. The topological polar surface area (TPSA) is 49.8 Å². The molecule has 4 nitrogen and oxygen atoms in total. The molecule has 0 saturated carbocycles. The molecule has 2 aromatic rings. The Kier molecular flexibility index (Phi) is 6.15. The molecule has 0 radical (unpaired) electrons. The Morgan fingerprint density at radius 1 is 1.33 bits per heavy atom. The van der Waals surface area contributed by atoms with Gasteiger partial charge in [0.1, 0.15) is 5.02 Å². The summed E-state index contributed by atoms with van der Waals surface area (Å²) in [5, 5.41) is 6.78. The number of nitrogens with one attached hydrogen (secondary N) is 2. The van der Waals surface area contributed by atoms with Crippen molar-refractivity contribution < 1.29 is 0 Å². The number of aromatic nitrogens is 2. The van der Waals surface area contributed by atoms with E-state index < -0.39 is 0 Å². The summed E-state index contributed by atoms with van der Waals surface area (Å²) in [5.41, 5.74) is 3.84. The Hall–Kier alpha value is -2.59. The van der Waals surface area contributed by atoms with Crippen LogP contribution in [0.4, 0.5) is 17.5 Å². The molecule has 2 rings (SSSR count). The van der Waals surface area contributed by atoms with Crippen LogP contribution in [-0.4, -0.2) is 9.97 Å². The van der Waals surface area contributed by atoms with Gasteiger partial charge in [-0.2, -0.15) is 4.98 Å². The molecule has 5 heteroatoms. The van der Waals surface area contributed by atoms with Crippen LogP contribution in [0.2, 0.25) is 5.02 Å². The second-order valence-corrected chi connectivity index (χ2v) is 5.68. The average molecular weight is 341 g/mol. The normalized spacial score (nSPS) is 11.0. The lowest BCUT2D eigenvalue weighted by Gasteiger charge is -2.12. The van der Waals surface area contributed by atoms with Gasteiger partial charge < -0.3 is 10.6 Å². The second-order valence-electron chi connectivity index (χ2n) is 5.27. The second kappa shape index (κ2) is 8.31. The number of aryl methyl sites for hydroxylation is 1.